The Balaban J connectivity index is 2.38. The predicted octanol–water partition coefficient (Wildman–Crippen LogP) is 2.07. The summed E-state index contributed by atoms with van der Waals surface area (Å²) in [7, 11) is 0. The van der Waals surface area contributed by atoms with Crippen LogP contribution in [0, 0.1) is 0 Å². The van der Waals surface area contributed by atoms with Gasteiger partial charge in [-0.25, -0.2) is 4.98 Å². The van der Waals surface area contributed by atoms with Gasteiger partial charge in [-0.15, -0.1) is 11.3 Å². The molecule has 2 rings (SSSR count). The summed E-state index contributed by atoms with van der Waals surface area (Å²) < 4.78 is 0. The van der Waals surface area contributed by atoms with E-state index in [9.17, 15) is 4.79 Å². The van der Waals surface area contributed by atoms with Crippen molar-refractivity contribution in [1.82, 2.24) is 4.98 Å². The SMILES string of the molecule is CCC1CCCc2nc(C(N)=O)sc21. The second kappa shape index (κ2) is 3.69. The van der Waals surface area contributed by atoms with Gasteiger partial charge in [0.15, 0.2) is 5.01 Å². The molecule has 0 saturated heterocycles. The van der Waals surface area contributed by atoms with Crippen LogP contribution in [0.5, 0.6) is 0 Å². The lowest BCUT2D eigenvalue weighted by Gasteiger charge is -2.18. The molecule has 0 saturated carbocycles. The van der Waals surface area contributed by atoms with Gasteiger partial charge in [-0.3, -0.25) is 4.79 Å². The fourth-order valence-corrected chi connectivity index (χ4v) is 3.18. The summed E-state index contributed by atoms with van der Waals surface area (Å²) >= 11 is 1.49. The summed E-state index contributed by atoms with van der Waals surface area (Å²) in [6.07, 6.45) is 4.56. The summed E-state index contributed by atoms with van der Waals surface area (Å²) in [5.74, 6) is 0.212. The molecule has 0 spiro atoms. The van der Waals surface area contributed by atoms with Crippen LogP contribution in [0.4, 0.5) is 0 Å². The van der Waals surface area contributed by atoms with E-state index in [0.717, 1.165) is 18.5 Å². The van der Waals surface area contributed by atoms with Crippen LogP contribution in [-0.4, -0.2) is 10.9 Å². The van der Waals surface area contributed by atoms with E-state index in [4.69, 9.17) is 5.73 Å². The van der Waals surface area contributed by atoms with Crippen molar-refractivity contribution < 1.29 is 4.79 Å². The summed E-state index contributed by atoms with van der Waals surface area (Å²) in [4.78, 5) is 16.6. The largest absolute Gasteiger partial charge is 0.364 e. The quantitative estimate of drug-likeness (QED) is 0.812. The van der Waals surface area contributed by atoms with Gasteiger partial charge in [-0.1, -0.05) is 6.92 Å². The summed E-state index contributed by atoms with van der Waals surface area (Å²) in [5.41, 5.74) is 6.33. The van der Waals surface area contributed by atoms with Crippen LogP contribution < -0.4 is 5.73 Å². The average molecular weight is 210 g/mol. The highest BCUT2D eigenvalue weighted by Gasteiger charge is 2.24. The molecule has 1 aliphatic rings. The Labute approximate surface area is 87.3 Å². The van der Waals surface area contributed by atoms with Crippen LogP contribution in [0.25, 0.3) is 0 Å². The van der Waals surface area contributed by atoms with Crippen LogP contribution in [0.1, 0.15) is 52.5 Å². The normalized spacial score (nSPS) is 20.5. The molecule has 76 valence electrons. The molecule has 1 amide bonds. The molecule has 3 nitrogen and oxygen atoms in total. The minimum absolute atomic E-state index is 0.390. The van der Waals surface area contributed by atoms with Crippen molar-refractivity contribution in [2.45, 2.75) is 38.5 Å². The molecule has 0 aliphatic heterocycles. The van der Waals surface area contributed by atoms with Gasteiger partial charge in [0.1, 0.15) is 0 Å². The molecule has 0 bridgehead atoms. The van der Waals surface area contributed by atoms with E-state index in [1.54, 1.807) is 0 Å². The minimum Gasteiger partial charge on any atom is -0.364 e. The van der Waals surface area contributed by atoms with E-state index in [1.807, 2.05) is 0 Å². The Bertz CT molecular complexity index is 359. The number of aromatic nitrogens is 1. The van der Waals surface area contributed by atoms with E-state index >= 15 is 0 Å². The number of nitrogens with two attached hydrogens (primary N) is 1. The highest BCUT2D eigenvalue weighted by Crippen LogP contribution is 2.37. The first-order chi connectivity index (χ1) is 6.72. The molecule has 1 aromatic heterocycles. The standard InChI is InChI=1S/C10H14N2OS/c1-2-6-4-3-5-7-8(6)14-10(12-7)9(11)13/h6H,2-5H2,1H3,(H2,11,13). The lowest BCUT2D eigenvalue weighted by Crippen LogP contribution is -2.10. The first-order valence-corrected chi connectivity index (χ1v) is 5.83. The van der Waals surface area contributed by atoms with Crippen molar-refractivity contribution in [3.05, 3.63) is 15.6 Å². The summed E-state index contributed by atoms with van der Waals surface area (Å²) in [6.45, 7) is 2.18. The van der Waals surface area contributed by atoms with E-state index in [0.29, 0.717) is 10.9 Å². The lowest BCUT2D eigenvalue weighted by atomic mass is 9.90. The molecular weight excluding hydrogens is 196 g/mol. The Kier molecular flexibility index (Phi) is 2.54. The maximum absolute atomic E-state index is 11.0. The predicted molar refractivity (Wildman–Crippen MR) is 56.6 cm³/mol. The number of primary amides is 1. The number of amides is 1. The van der Waals surface area contributed by atoms with Crippen molar-refractivity contribution in [1.29, 1.82) is 0 Å². The van der Waals surface area contributed by atoms with Gasteiger partial charge in [0.05, 0.1) is 5.69 Å². The molecule has 1 atom stereocenters. The highest BCUT2D eigenvalue weighted by molar-refractivity contribution is 7.13. The van der Waals surface area contributed by atoms with E-state index in [1.165, 1.54) is 29.1 Å². The number of thiazole rings is 1. The number of aryl methyl sites for hydroxylation is 1. The molecule has 1 aromatic rings. The summed E-state index contributed by atoms with van der Waals surface area (Å²) in [5, 5.41) is 0.482. The Hall–Kier alpha value is -0.900. The molecule has 1 unspecified atom stereocenters. The second-order valence-electron chi connectivity index (χ2n) is 3.69. The van der Waals surface area contributed by atoms with Crippen molar-refractivity contribution in [3.63, 3.8) is 0 Å². The third-order valence-electron chi connectivity index (χ3n) is 2.77. The van der Waals surface area contributed by atoms with Gasteiger partial charge in [-0.05, 0) is 31.6 Å². The number of hydrogen-bond donors (Lipinski definition) is 1. The van der Waals surface area contributed by atoms with Crippen molar-refractivity contribution >= 4 is 17.2 Å². The lowest BCUT2D eigenvalue weighted by molar-refractivity contribution is 0.1000. The zero-order valence-electron chi connectivity index (χ0n) is 8.25. The molecule has 4 heteroatoms. The molecule has 0 fully saturated rings. The minimum atomic E-state index is -0.390. The van der Waals surface area contributed by atoms with Crippen LogP contribution in [0.15, 0.2) is 0 Å². The number of rotatable bonds is 2. The van der Waals surface area contributed by atoms with Crippen molar-refractivity contribution in [2.24, 2.45) is 5.73 Å². The van der Waals surface area contributed by atoms with Crippen LogP contribution >= 0.6 is 11.3 Å². The molecule has 14 heavy (non-hydrogen) atoms. The van der Waals surface area contributed by atoms with Crippen molar-refractivity contribution in [3.8, 4) is 0 Å². The van der Waals surface area contributed by atoms with E-state index < -0.39 is 0 Å². The fourth-order valence-electron chi connectivity index (χ4n) is 2.00. The van der Waals surface area contributed by atoms with Crippen LogP contribution in [0.2, 0.25) is 0 Å². The Morgan fingerprint density at radius 3 is 3.14 bits per heavy atom. The zero-order valence-corrected chi connectivity index (χ0v) is 9.06. The Morgan fingerprint density at radius 1 is 1.71 bits per heavy atom. The maximum Gasteiger partial charge on any atom is 0.277 e. The van der Waals surface area contributed by atoms with Gasteiger partial charge in [-0.2, -0.15) is 0 Å². The number of hydrogen-bond acceptors (Lipinski definition) is 3. The molecule has 2 N–H and O–H groups in total. The molecular formula is C10H14N2OS. The molecule has 1 heterocycles. The monoisotopic (exact) mass is 210 g/mol. The number of nitrogens with zero attached hydrogens (tertiary/aromatic N) is 1. The smallest absolute Gasteiger partial charge is 0.277 e. The Morgan fingerprint density at radius 2 is 2.50 bits per heavy atom. The van der Waals surface area contributed by atoms with Crippen molar-refractivity contribution in [2.75, 3.05) is 0 Å². The fraction of sp³-hybridized carbons (Fsp3) is 0.600. The number of carbonyl (C=O) groups excluding carboxylic acids is 1. The topological polar surface area (TPSA) is 56.0 Å². The number of carbonyl (C=O) groups is 1. The third kappa shape index (κ3) is 1.54. The van der Waals surface area contributed by atoms with E-state index in [2.05, 4.69) is 11.9 Å². The zero-order chi connectivity index (χ0) is 10.1. The van der Waals surface area contributed by atoms with Gasteiger partial charge < -0.3 is 5.73 Å². The van der Waals surface area contributed by atoms with Gasteiger partial charge in [0.2, 0.25) is 0 Å². The van der Waals surface area contributed by atoms with E-state index in [-0.39, 0.29) is 5.91 Å². The van der Waals surface area contributed by atoms with Gasteiger partial charge >= 0.3 is 0 Å². The van der Waals surface area contributed by atoms with Crippen LogP contribution in [0.3, 0.4) is 0 Å². The average Bonchev–Trinajstić information content (AvgIpc) is 2.60. The van der Waals surface area contributed by atoms with Gasteiger partial charge in [0, 0.05) is 4.88 Å². The van der Waals surface area contributed by atoms with Gasteiger partial charge in [0.25, 0.3) is 5.91 Å². The first kappa shape index (κ1) is 9.65. The maximum atomic E-state index is 11.0. The molecule has 0 radical (unpaired) electrons. The molecule has 0 aromatic carbocycles. The summed E-state index contributed by atoms with van der Waals surface area (Å²) in [6, 6.07) is 0. The molecule has 1 aliphatic carbocycles. The van der Waals surface area contributed by atoms with Crippen LogP contribution in [-0.2, 0) is 6.42 Å². The third-order valence-corrected chi connectivity index (χ3v) is 4.04. The first-order valence-electron chi connectivity index (χ1n) is 5.01. The second-order valence-corrected chi connectivity index (χ2v) is 4.72. The highest BCUT2D eigenvalue weighted by atomic mass is 32.1. The number of fused-ring (bicyclic) bond motifs is 1.